The fraction of sp³-hybridized carbons (Fsp3) is 0.400. The van der Waals surface area contributed by atoms with Crippen molar-refractivity contribution in [2.75, 3.05) is 26.7 Å². The Morgan fingerprint density at radius 3 is 2.36 bits per heavy atom. The van der Waals surface area contributed by atoms with Crippen molar-refractivity contribution < 1.29 is 9.47 Å². The lowest BCUT2D eigenvalue weighted by atomic mass is 10.2. The second-order valence-electron chi connectivity index (χ2n) is 5.89. The SMILES string of the molecule is CCOc1cc(CNCCCNC)cc(Br)c1OCc1ccc(Cl)cc1.Cl.Cl. The first-order chi connectivity index (χ1) is 12.6. The van der Waals surface area contributed by atoms with Gasteiger partial charge in [0.05, 0.1) is 11.1 Å². The lowest BCUT2D eigenvalue weighted by molar-refractivity contribution is 0.267. The Morgan fingerprint density at radius 2 is 1.71 bits per heavy atom. The fourth-order valence-electron chi connectivity index (χ4n) is 2.49. The van der Waals surface area contributed by atoms with Gasteiger partial charge >= 0.3 is 0 Å². The molecule has 0 aliphatic rings. The zero-order valence-electron chi connectivity index (χ0n) is 16.1. The van der Waals surface area contributed by atoms with Crippen LogP contribution in [0.25, 0.3) is 0 Å². The molecule has 0 fully saturated rings. The summed E-state index contributed by atoms with van der Waals surface area (Å²) in [5.74, 6) is 1.48. The van der Waals surface area contributed by atoms with E-state index in [-0.39, 0.29) is 24.8 Å². The molecule has 2 aromatic carbocycles. The Hall–Kier alpha value is -0.690. The van der Waals surface area contributed by atoms with Crippen molar-refractivity contribution in [2.24, 2.45) is 0 Å². The van der Waals surface area contributed by atoms with Gasteiger partial charge in [0, 0.05) is 11.6 Å². The Labute approximate surface area is 193 Å². The summed E-state index contributed by atoms with van der Waals surface area (Å²) in [6.45, 7) is 5.79. The largest absolute Gasteiger partial charge is 0.490 e. The molecular weight excluding hydrogens is 486 g/mol. The van der Waals surface area contributed by atoms with Crippen LogP contribution in [0.3, 0.4) is 0 Å². The summed E-state index contributed by atoms with van der Waals surface area (Å²) in [5, 5.41) is 7.31. The molecule has 0 saturated carbocycles. The second-order valence-corrected chi connectivity index (χ2v) is 7.18. The molecule has 28 heavy (non-hydrogen) atoms. The summed E-state index contributed by atoms with van der Waals surface area (Å²) in [7, 11) is 1.97. The van der Waals surface area contributed by atoms with E-state index in [0.29, 0.717) is 13.2 Å². The molecule has 0 amide bonds. The van der Waals surface area contributed by atoms with Crippen LogP contribution < -0.4 is 20.1 Å². The summed E-state index contributed by atoms with van der Waals surface area (Å²) in [5.41, 5.74) is 2.21. The maximum Gasteiger partial charge on any atom is 0.175 e. The number of ether oxygens (including phenoxy) is 2. The van der Waals surface area contributed by atoms with Crippen molar-refractivity contribution in [3.8, 4) is 11.5 Å². The number of rotatable bonds is 11. The molecule has 158 valence electrons. The van der Waals surface area contributed by atoms with Crippen molar-refractivity contribution in [2.45, 2.75) is 26.5 Å². The smallest absolute Gasteiger partial charge is 0.175 e. The Kier molecular flexibility index (Phi) is 14.8. The highest BCUT2D eigenvalue weighted by Crippen LogP contribution is 2.37. The lowest BCUT2D eigenvalue weighted by Crippen LogP contribution is -2.19. The molecule has 0 spiro atoms. The maximum atomic E-state index is 6.02. The van der Waals surface area contributed by atoms with E-state index in [0.717, 1.165) is 58.2 Å². The van der Waals surface area contributed by atoms with Gasteiger partial charge in [0.25, 0.3) is 0 Å². The average molecular weight is 515 g/mol. The monoisotopic (exact) mass is 512 g/mol. The van der Waals surface area contributed by atoms with E-state index < -0.39 is 0 Å². The zero-order valence-corrected chi connectivity index (χ0v) is 20.1. The zero-order chi connectivity index (χ0) is 18.8. The van der Waals surface area contributed by atoms with Crippen LogP contribution in [0.1, 0.15) is 24.5 Å². The normalized spacial score (nSPS) is 10.0. The quantitative estimate of drug-likeness (QED) is 0.382. The van der Waals surface area contributed by atoms with Crippen LogP contribution in [0, 0.1) is 0 Å². The third-order valence-electron chi connectivity index (χ3n) is 3.78. The van der Waals surface area contributed by atoms with E-state index in [1.165, 1.54) is 0 Å². The van der Waals surface area contributed by atoms with E-state index in [1.807, 2.05) is 44.3 Å². The number of hydrogen-bond donors (Lipinski definition) is 2. The van der Waals surface area contributed by atoms with Gasteiger partial charge in [0.15, 0.2) is 11.5 Å². The van der Waals surface area contributed by atoms with E-state index in [9.17, 15) is 0 Å². The predicted molar refractivity (Wildman–Crippen MR) is 126 cm³/mol. The number of nitrogens with one attached hydrogen (secondary N) is 2. The summed E-state index contributed by atoms with van der Waals surface area (Å²) in [6, 6.07) is 11.8. The molecule has 4 nitrogen and oxygen atoms in total. The molecule has 2 rings (SSSR count). The second kappa shape index (κ2) is 15.2. The van der Waals surface area contributed by atoms with Gasteiger partial charge in [-0.25, -0.2) is 0 Å². The van der Waals surface area contributed by atoms with Crippen LogP contribution >= 0.6 is 52.3 Å². The molecule has 0 saturated heterocycles. The number of hydrogen-bond acceptors (Lipinski definition) is 4. The van der Waals surface area contributed by atoms with Gasteiger partial charge in [-0.15, -0.1) is 24.8 Å². The van der Waals surface area contributed by atoms with Crippen LogP contribution in [0.15, 0.2) is 40.9 Å². The van der Waals surface area contributed by atoms with E-state index in [2.05, 4.69) is 32.6 Å². The summed E-state index contributed by atoms with van der Waals surface area (Å²) in [4.78, 5) is 0. The summed E-state index contributed by atoms with van der Waals surface area (Å²) in [6.07, 6.45) is 1.10. The summed E-state index contributed by atoms with van der Waals surface area (Å²) < 4.78 is 12.7. The van der Waals surface area contributed by atoms with Crippen molar-refractivity contribution in [1.29, 1.82) is 0 Å². The minimum Gasteiger partial charge on any atom is -0.490 e. The van der Waals surface area contributed by atoms with Crippen LogP contribution in [-0.2, 0) is 13.2 Å². The molecule has 0 heterocycles. The van der Waals surface area contributed by atoms with Gasteiger partial charge < -0.3 is 20.1 Å². The Morgan fingerprint density at radius 1 is 1.00 bits per heavy atom. The van der Waals surface area contributed by atoms with E-state index in [4.69, 9.17) is 21.1 Å². The number of benzene rings is 2. The standard InChI is InChI=1S/C20H26BrClN2O2.2ClH/c1-3-25-19-12-16(13-24-10-4-9-23-2)11-18(21)20(19)26-14-15-5-7-17(22)8-6-15;;/h5-8,11-12,23-24H,3-4,9-10,13-14H2,1-2H3;2*1H. The van der Waals surface area contributed by atoms with Crippen LogP contribution in [0.4, 0.5) is 0 Å². The molecule has 0 bridgehead atoms. The van der Waals surface area contributed by atoms with Crippen molar-refractivity contribution >= 4 is 52.3 Å². The molecule has 0 aliphatic carbocycles. The first-order valence-corrected chi connectivity index (χ1v) is 9.99. The highest BCUT2D eigenvalue weighted by atomic mass is 79.9. The predicted octanol–water partition coefficient (Wildman–Crippen LogP) is 5.62. The molecule has 2 aromatic rings. The summed E-state index contributed by atoms with van der Waals surface area (Å²) >= 11 is 9.55. The van der Waals surface area contributed by atoms with Gasteiger partial charge in [-0.1, -0.05) is 23.7 Å². The van der Waals surface area contributed by atoms with Gasteiger partial charge in [0.1, 0.15) is 6.61 Å². The highest BCUT2D eigenvalue weighted by Gasteiger charge is 2.12. The van der Waals surface area contributed by atoms with Crippen LogP contribution in [0.2, 0.25) is 5.02 Å². The molecule has 0 radical (unpaired) electrons. The highest BCUT2D eigenvalue weighted by molar-refractivity contribution is 9.10. The molecule has 0 unspecified atom stereocenters. The van der Waals surface area contributed by atoms with Gasteiger partial charge in [0.2, 0.25) is 0 Å². The average Bonchev–Trinajstić information content (AvgIpc) is 2.62. The molecule has 2 N–H and O–H groups in total. The molecular formula is C20H28BrCl3N2O2. The molecule has 0 atom stereocenters. The Bertz CT molecular complexity index is 688. The van der Waals surface area contributed by atoms with Gasteiger partial charge in [-0.3, -0.25) is 0 Å². The number of halogens is 4. The molecule has 8 heteroatoms. The van der Waals surface area contributed by atoms with Crippen molar-refractivity contribution in [1.82, 2.24) is 10.6 Å². The first kappa shape index (κ1) is 27.3. The maximum absolute atomic E-state index is 6.02. The topological polar surface area (TPSA) is 42.5 Å². The minimum atomic E-state index is 0. The van der Waals surface area contributed by atoms with Crippen LogP contribution in [-0.4, -0.2) is 26.7 Å². The third kappa shape index (κ3) is 9.21. The van der Waals surface area contributed by atoms with Gasteiger partial charge in [-0.05, 0) is 84.8 Å². The van der Waals surface area contributed by atoms with Gasteiger partial charge in [-0.2, -0.15) is 0 Å². The third-order valence-corrected chi connectivity index (χ3v) is 4.62. The minimum absolute atomic E-state index is 0. The fourth-order valence-corrected chi connectivity index (χ4v) is 3.22. The van der Waals surface area contributed by atoms with Crippen LogP contribution in [0.5, 0.6) is 11.5 Å². The van der Waals surface area contributed by atoms with E-state index in [1.54, 1.807) is 0 Å². The molecule has 0 aliphatic heterocycles. The molecule has 0 aromatic heterocycles. The lowest BCUT2D eigenvalue weighted by Gasteiger charge is -2.16. The van der Waals surface area contributed by atoms with Crippen molar-refractivity contribution in [3.63, 3.8) is 0 Å². The Balaban J connectivity index is 0.00000364. The van der Waals surface area contributed by atoms with E-state index >= 15 is 0 Å². The van der Waals surface area contributed by atoms with Crippen molar-refractivity contribution in [3.05, 3.63) is 57.0 Å². The first-order valence-electron chi connectivity index (χ1n) is 8.81.